The van der Waals surface area contributed by atoms with Crippen LogP contribution in [0, 0.1) is 0 Å². The van der Waals surface area contributed by atoms with Gasteiger partial charge >= 0.3 is 17.9 Å². The molecule has 0 N–H and O–H groups in total. The van der Waals surface area contributed by atoms with Gasteiger partial charge in [-0.15, -0.1) is 0 Å². The Balaban J connectivity index is 4.04. The van der Waals surface area contributed by atoms with Crippen LogP contribution in [0.3, 0.4) is 0 Å². The predicted molar refractivity (Wildman–Crippen MR) is 349 cm³/mol. The van der Waals surface area contributed by atoms with E-state index < -0.39 is 6.10 Å². The van der Waals surface area contributed by atoms with Gasteiger partial charge in [0.05, 0.1) is 0 Å². The number of unbranched alkanes of at least 4 members (excludes halogenated alkanes) is 50. The molecule has 0 aliphatic heterocycles. The quantitative estimate of drug-likeness (QED) is 0.0261. The molecule has 0 radical (unpaired) electrons. The normalized spacial score (nSPS) is 12.2. The average molecular weight is 1120 g/mol. The fourth-order valence-electron chi connectivity index (χ4n) is 11.0. The molecule has 0 fully saturated rings. The average Bonchev–Trinajstić information content (AvgIpc) is 3.46. The van der Waals surface area contributed by atoms with Crippen LogP contribution in [0.1, 0.15) is 400 Å². The van der Waals surface area contributed by atoms with Crippen molar-refractivity contribution in [2.75, 3.05) is 13.2 Å². The molecule has 0 spiro atoms. The number of hydrogen-bond donors (Lipinski definition) is 0. The number of carbonyl (C=O) groups excluding carboxylic acids is 3. The number of esters is 3. The van der Waals surface area contributed by atoms with Gasteiger partial charge in [-0.05, 0) is 57.8 Å². The van der Waals surface area contributed by atoms with Crippen molar-refractivity contribution >= 4 is 17.9 Å². The zero-order chi connectivity index (χ0) is 57.8. The Bertz CT molecular complexity index is 1340. The lowest BCUT2D eigenvalue weighted by atomic mass is 10.0. The van der Waals surface area contributed by atoms with Gasteiger partial charge in [0, 0.05) is 19.3 Å². The van der Waals surface area contributed by atoms with Gasteiger partial charge in [-0.3, -0.25) is 14.4 Å². The molecular weight excluding hydrogens is 985 g/mol. The van der Waals surface area contributed by atoms with Crippen molar-refractivity contribution in [1.82, 2.24) is 0 Å². The van der Waals surface area contributed by atoms with Gasteiger partial charge < -0.3 is 14.2 Å². The molecular formula is C74H138O6. The van der Waals surface area contributed by atoms with Crippen molar-refractivity contribution in [1.29, 1.82) is 0 Å². The van der Waals surface area contributed by atoms with Crippen LogP contribution in [0.15, 0.2) is 36.5 Å². The first kappa shape index (κ1) is 77.6. The van der Waals surface area contributed by atoms with Crippen LogP contribution >= 0.6 is 0 Å². The number of rotatable bonds is 67. The summed E-state index contributed by atoms with van der Waals surface area (Å²) in [5.41, 5.74) is 0. The molecule has 80 heavy (non-hydrogen) atoms. The van der Waals surface area contributed by atoms with Crippen LogP contribution in [0.2, 0.25) is 0 Å². The highest BCUT2D eigenvalue weighted by molar-refractivity contribution is 5.71. The van der Waals surface area contributed by atoms with Gasteiger partial charge in [0.25, 0.3) is 0 Å². The van der Waals surface area contributed by atoms with E-state index in [1.54, 1.807) is 0 Å². The topological polar surface area (TPSA) is 78.9 Å². The third-order valence-electron chi connectivity index (χ3n) is 16.4. The lowest BCUT2D eigenvalue weighted by Gasteiger charge is -2.18. The van der Waals surface area contributed by atoms with E-state index >= 15 is 0 Å². The van der Waals surface area contributed by atoms with Crippen molar-refractivity contribution in [2.24, 2.45) is 0 Å². The van der Waals surface area contributed by atoms with Crippen LogP contribution in [-0.4, -0.2) is 37.2 Å². The minimum Gasteiger partial charge on any atom is -0.462 e. The molecule has 0 bridgehead atoms. The van der Waals surface area contributed by atoms with Crippen molar-refractivity contribution in [3.63, 3.8) is 0 Å². The van der Waals surface area contributed by atoms with E-state index in [0.717, 1.165) is 70.6 Å². The number of ether oxygens (including phenoxy) is 3. The predicted octanol–water partition coefficient (Wildman–Crippen LogP) is 24.7. The minimum absolute atomic E-state index is 0.0648. The maximum Gasteiger partial charge on any atom is 0.306 e. The zero-order valence-electron chi connectivity index (χ0n) is 54.1. The molecule has 0 amide bonds. The first-order valence-electron chi connectivity index (χ1n) is 36.0. The number of allylic oxidation sites excluding steroid dienone is 6. The largest absolute Gasteiger partial charge is 0.462 e. The number of carbonyl (C=O) groups is 3. The van der Waals surface area contributed by atoms with Gasteiger partial charge in [-0.2, -0.15) is 0 Å². The second-order valence-electron chi connectivity index (χ2n) is 24.5. The molecule has 1 unspecified atom stereocenters. The second-order valence-corrected chi connectivity index (χ2v) is 24.5. The summed E-state index contributed by atoms with van der Waals surface area (Å²) < 4.78 is 16.9. The summed E-state index contributed by atoms with van der Waals surface area (Å²) in [4.78, 5) is 38.3. The monoisotopic (exact) mass is 1120 g/mol. The molecule has 0 aromatic heterocycles. The van der Waals surface area contributed by atoms with Crippen molar-refractivity contribution in [3.8, 4) is 0 Å². The summed E-state index contributed by atoms with van der Waals surface area (Å²) in [5, 5.41) is 0. The van der Waals surface area contributed by atoms with Crippen molar-refractivity contribution < 1.29 is 28.6 Å². The Morgan fingerprint density at radius 2 is 0.450 bits per heavy atom. The lowest BCUT2D eigenvalue weighted by molar-refractivity contribution is -0.167. The Hall–Kier alpha value is -2.37. The van der Waals surface area contributed by atoms with Crippen LogP contribution < -0.4 is 0 Å². The Labute approximate surface area is 499 Å². The smallest absolute Gasteiger partial charge is 0.306 e. The SMILES string of the molecule is CCCCCCC/C=C\C/C=C\C/C=C\CCCCCCCCCCCCCCCCCCCCC(=O)OCC(COC(=O)CCCCCCCCCCC)OC(=O)CCCCCCCCCCCCCCCCCCCCCC. The van der Waals surface area contributed by atoms with Crippen molar-refractivity contribution in [2.45, 2.75) is 406 Å². The fraction of sp³-hybridized carbons (Fsp3) is 0.878. The molecule has 470 valence electrons. The van der Waals surface area contributed by atoms with Crippen LogP contribution in [0.25, 0.3) is 0 Å². The summed E-state index contributed by atoms with van der Waals surface area (Å²) in [5.74, 6) is -0.837. The Morgan fingerprint density at radius 1 is 0.250 bits per heavy atom. The van der Waals surface area contributed by atoms with Gasteiger partial charge in [-0.25, -0.2) is 0 Å². The standard InChI is InChI=1S/C74H138O6/c1-4-7-10-13-16-19-21-23-25-27-29-31-32-33-34-35-36-37-38-39-40-41-42-43-45-46-48-50-52-55-58-61-64-67-73(76)79-70-71(69-78-72(75)66-63-60-57-54-18-15-12-9-6-3)80-74(77)68-65-62-59-56-53-51-49-47-44-30-28-26-24-22-20-17-14-11-8-5-2/h21,23,27,29,32-33,71H,4-20,22,24-26,28,30-31,34-70H2,1-3H3/b23-21-,29-27-,33-32-. The van der Waals surface area contributed by atoms with E-state index in [1.807, 2.05) is 0 Å². The Kier molecular flexibility index (Phi) is 67.1. The van der Waals surface area contributed by atoms with E-state index in [1.165, 1.54) is 289 Å². The summed E-state index contributed by atoms with van der Waals surface area (Å²) in [6.45, 7) is 6.68. The zero-order valence-corrected chi connectivity index (χ0v) is 54.1. The molecule has 0 aromatic carbocycles. The molecule has 0 rings (SSSR count). The Morgan fingerprint density at radius 3 is 0.700 bits per heavy atom. The second kappa shape index (κ2) is 69.1. The third-order valence-corrected chi connectivity index (χ3v) is 16.4. The van der Waals surface area contributed by atoms with Gasteiger partial charge in [0.2, 0.25) is 0 Å². The van der Waals surface area contributed by atoms with Crippen LogP contribution in [0.5, 0.6) is 0 Å². The molecule has 0 aromatic rings. The summed E-state index contributed by atoms with van der Waals surface area (Å²) >= 11 is 0. The van der Waals surface area contributed by atoms with Gasteiger partial charge in [0.15, 0.2) is 6.10 Å². The maximum atomic E-state index is 12.9. The molecule has 0 aliphatic rings. The first-order valence-corrected chi connectivity index (χ1v) is 36.0. The molecule has 1 atom stereocenters. The highest BCUT2D eigenvalue weighted by Gasteiger charge is 2.19. The fourth-order valence-corrected chi connectivity index (χ4v) is 11.0. The van der Waals surface area contributed by atoms with Crippen LogP contribution in [-0.2, 0) is 28.6 Å². The van der Waals surface area contributed by atoms with Gasteiger partial charge in [-0.1, -0.05) is 359 Å². The highest BCUT2D eigenvalue weighted by atomic mass is 16.6. The van der Waals surface area contributed by atoms with Crippen molar-refractivity contribution in [3.05, 3.63) is 36.5 Å². The number of hydrogen-bond acceptors (Lipinski definition) is 6. The van der Waals surface area contributed by atoms with Gasteiger partial charge in [0.1, 0.15) is 13.2 Å². The highest BCUT2D eigenvalue weighted by Crippen LogP contribution is 2.19. The summed E-state index contributed by atoms with van der Waals surface area (Å²) in [6.07, 6.45) is 86.3. The molecule has 6 heteroatoms. The molecule has 0 saturated heterocycles. The maximum absolute atomic E-state index is 12.9. The molecule has 6 nitrogen and oxygen atoms in total. The minimum atomic E-state index is -0.766. The third kappa shape index (κ3) is 66.4. The summed E-state index contributed by atoms with van der Waals surface area (Å²) in [6, 6.07) is 0. The van der Waals surface area contributed by atoms with E-state index in [2.05, 4.69) is 57.2 Å². The first-order chi connectivity index (χ1) is 39.5. The van der Waals surface area contributed by atoms with E-state index in [-0.39, 0.29) is 31.1 Å². The molecule has 0 saturated carbocycles. The van der Waals surface area contributed by atoms with E-state index in [0.29, 0.717) is 19.3 Å². The lowest BCUT2D eigenvalue weighted by Crippen LogP contribution is -2.30. The van der Waals surface area contributed by atoms with Crippen LogP contribution in [0.4, 0.5) is 0 Å². The van der Waals surface area contributed by atoms with E-state index in [9.17, 15) is 14.4 Å². The van der Waals surface area contributed by atoms with E-state index in [4.69, 9.17) is 14.2 Å². The summed E-state index contributed by atoms with van der Waals surface area (Å²) in [7, 11) is 0. The molecule has 0 aliphatic carbocycles. The molecule has 0 heterocycles.